The number of nitro groups is 1. The molecule has 0 aliphatic rings. The number of carboxylic acid groups (broad SMARTS) is 1. The summed E-state index contributed by atoms with van der Waals surface area (Å²) in [5.74, 6) is 0.214. The fourth-order valence-electron chi connectivity index (χ4n) is 3.10. The summed E-state index contributed by atoms with van der Waals surface area (Å²) in [5, 5.41) is 29.1. The zero-order chi connectivity index (χ0) is 25.8. The number of ether oxygens (including phenoxy) is 2. The highest BCUT2D eigenvalue weighted by atomic mass is 35.5. The maximum Gasteiger partial charge on any atom is 0.342 e. The van der Waals surface area contributed by atoms with E-state index in [0.717, 1.165) is 0 Å². The number of furan rings is 1. The predicted octanol–water partition coefficient (Wildman–Crippen LogP) is 5.79. The third-order valence-corrected chi connectivity index (χ3v) is 5.82. The van der Waals surface area contributed by atoms with Crippen LogP contribution in [-0.4, -0.2) is 40.4 Å². The van der Waals surface area contributed by atoms with Gasteiger partial charge in [-0.05, 0) is 48.2 Å². The van der Waals surface area contributed by atoms with Crippen molar-refractivity contribution >= 4 is 41.1 Å². The molecular weight excluding hydrogens is 514 g/mol. The molecule has 2 heterocycles. The molecule has 0 fully saturated rings. The number of aromatic nitrogens is 2. The summed E-state index contributed by atoms with van der Waals surface area (Å²) in [6.45, 7) is 0. The lowest BCUT2D eigenvalue weighted by Crippen LogP contribution is -1.96. The number of nitro benzene ring substituents is 1. The van der Waals surface area contributed by atoms with Crippen molar-refractivity contribution in [3.05, 3.63) is 74.3 Å². The molecule has 4 aromatic rings. The molecule has 0 unspecified atom stereocenters. The maximum atomic E-state index is 11.9. The van der Waals surface area contributed by atoms with Crippen LogP contribution in [0.5, 0.6) is 11.5 Å². The normalized spacial score (nSPS) is 11.4. The quantitative estimate of drug-likeness (QED) is 0.121. The largest absolute Gasteiger partial charge is 0.497 e. The zero-order valence-electron chi connectivity index (χ0n) is 18.6. The average Bonchev–Trinajstić information content (AvgIpc) is 3.53. The molecule has 4 rings (SSSR count). The van der Waals surface area contributed by atoms with Gasteiger partial charge in [0, 0.05) is 28.8 Å². The average molecular weight is 530 g/mol. The summed E-state index contributed by atoms with van der Waals surface area (Å²) in [5.41, 5.74) is 0.475. The first-order valence-electron chi connectivity index (χ1n) is 10.0. The highest BCUT2D eigenvalue weighted by molar-refractivity contribution is 8.03. The Hall–Kier alpha value is -4.29. The van der Waals surface area contributed by atoms with Crippen molar-refractivity contribution in [2.75, 3.05) is 14.2 Å². The minimum Gasteiger partial charge on any atom is -0.497 e. The van der Waals surface area contributed by atoms with Gasteiger partial charge in [-0.2, -0.15) is 0 Å². The number of halogens is 1. The highest BCUT2D eigenvalue weighted by Gasteiger charge is 2.20. The van der Waals surface area contributed by atoms with Crippen LogP contribution in [0.25, 0.3) is 28.9 Å². The molecule has 0 atom stereocenters. The van der Waals surface area contributed by atoms with Crippen molar-refractivity contribution in [2.45, 2.75) is 5.22 Å². The predicted molar refractivity (Wildman–Crippen MR) is 130 cm³/mol. The second-order valence-corrected chi connectivity index (χ2v) is 8.44. The summed E-state index contributed by atoms with van der Waals surface area (Å²) in [4.78, 5) is 22.5. The Bertz CT molecular complexity index is 1460. The minimum absolute atomic E-state index is 0.0273. The lowest BCUT2D eigenvalue weighted by Gasteiger charge is -2.05. The summed E-state index contributed by atoms with van der Waals surface area (Å²) in [6, 6.07) is 12.1. The Morgan fingerprint density at radius 1 is 1.08 bits per heavy atom. The Balaban J connectivity index is 1.60. The lowest BCUT2D eigenvalue weighted by molar-refractivity contribution is -0.384. The second-order valence-electron chi connectivity index (χ2n) is 7.01. The standard InChI is InChI=1S/C23H16ClN3O8S/c1-32-15-7-12(8-16(10-15)33-2)21-25-26-23(35-21)36-20(22(28)29)11-14-4-6-19(34-14)17-5-3-13(24)9-18(17)27(30)31/h3-11H,1-2H3,(H,28,29)/b20-11-. The molecule has 0 aliphatic heterocycles. The second kappa shape index (κ2) is 10.5. The maximum absolute atomic E-state index is 11.9. The molecule has 11 nitrogen and oxygen atoms in total. The first-order chi connectivity index (χ1) is 17.3. The minimum atomic E-state index is -1.27. The van der Waals surface area contributed by atoms with Gasteiger partial charge in [0.05, 0.1) is 24.7 Å². The molecule has 0 saturated carbocycles. The number of carbonyl (C=O) groups is 1. The first-order valence-corrected chi connectivity index (χ1v) is 11.2. The van der Waals surface area contributed by atoms with E-state index < -0.39 is 10.9 Å². The highest BCUT2D eigenvalue weighted by Crippen LogP contribution is 2.36. The van der Waals surface area contributed by atoms with Crippen molar-refractivity contribution in [3.63, 3.8) is 0 Å². The van der Waals surface area contributed by atoms with Crippen LogP contribution in [0.3, 0.4) is 0 Å². The summed E-state index contributed by atoms with van der Waals surface area (Å²) in [7, 11) is 3.01. The molecule has 0 saturated heterocycles. The molecule has 1 N–H and O–H groups in total. The number of thioether (sulfide) groups is 1. The van der Waals surface area contributed by atoms with E-state index in [2.05, 4.69) is 10.2 Å². The number of carboxylic acids is 1. The summed E-state index contributed by atoms with van der Waals surface area (Å²) < 4.78 is 21.7. The SMILES string of the molecule is COc1cc(OC)cc(-c2nnc(S/C(=C\c3ccc(-c4ccc(Cl)cc4[N+](=O)[O-])o3)C(=O)O)o2)c1. The van der Waals surface area contributed by atoms with Gasteiger partial charge >= 0.3 is 5.97 Å². The molecule has 36 heavy (non-hydrogen) atoms. The number of aliphatic carboxylic acids is 1. The molecule has 13 heteroatoms. The van der Waals surface area contributed by atoms with Crippen molar-refractivity contribution in [1.29, 1.82) is 0 Å². The third kappa shape index (κ3) is 5.50. The van der Waals surface area contributed by atoms with E-state index in [9.17, 15) is 20.0 Å². The van der Waals surface area contributed by atoms with E-state index in [-0.39, 0.29) is 43.8 Å². The van der Waals surface area contributed by atoms with E-state index in [0.29, 0.717) is 28.8 Å². The Morgan fingerprint density at radius 2 is 1.81 bits per heavy atom. The van der Waals surface area contributed by atoms with Gasteiger partial charge in [-0.1, -0.05) is 11.6 Å². The third-order valence-electron chi connectivity index (χ3n) is 4.73. The molecule has 2 aromatic heterocycles. The fraction of sp³-hybridized carbons (Fsp3) is 0.0870. The van der Waals surface area contributed by atoms with Crippen molar-refractivity contribution in [1.82, 2.24) is 10.2 Å². The van der Waals surface area contributed by atoms with Gasteiger partial charge in [0.1, 0.15) is 27.9 Å². The topological polar surface area (TPSA) is 151 Å². The number of methoxy groups -OCH3 is 2. The van der Waals surface area contributed by atoms with Crippen LogP contribution in [0.1, 0.15) is 5.76 Å². The van der Waals surface area contributed by atoms with Gasteiger partial charge in [-0.3, -0.25) is 10.1 Å². The number of hydrogen-bond acceptors (Lipinski definition) is 10. The summed E-state index contributed by atoms with van der Waals surface area (Å²) in [6.07, 6.45) is 1.25. The van der Waals surface area contributed by atoms with Crippen LogP contribution in [0.15, 0.2) is 67.5 Å². The molecule has 2 aromatic carbocycles. The van der Waals surface area contributed by atoms with Crippen LogP contribution in [0.2, 0.25) is 5.02 Å². The van der Waals surface area contributed by atoms with Gasteiger partial charge in [0.25, 0.3) is 10.9 Å². The number of nitrogens with zero attached hydrogens (tertiary/aromatic N) is 3. The fourth-order valence-corrected chi connectivity index (χ4v) is 3.92. The Kier molecular flexibility index (Phi) is 7.27. The van der Waals surface area contributed by atoms with Crippen molar-refractivity contribution in [3.8, 4) is 34.3 Å². The lowest BCUT2D eigenvalue weighted by atomic mass is 10.1. The summed E-state index contributed by atoms with van der Waals surface area (Å²) >= 11 is 6.58. The van der Waals surface area contributed by atoms with Gasteiger partial charge in [-0.25, -0.2) is 4.79 Å². The van der Waals surface area contributed by atoms with Gasteiger partial charge in [0.15, 0.2) is 0 Å². The van der Waals surface area contributed by atoms with Gasteiger partial charge in [-0.15, -0.1) is 10.2 Å². The van der Waals surface area contributed by atoms with Gasteiger partial charge in [0.2, 0.25) is 5.89 Å². The Labute approximate surface area is 212 Å². The molecule has 0 amide bonds. The smallest absolute Gasteiger partial charge is 0.342 e. The van der Waals surface area contributed by atoms with E-state index in [4.69, 9.17) is 29.9 Å². The molecule has 0 radical (unpaired) electrons. The van der Waals surface area contributed by atoms with Crippen molar-refractivity contribution < 1.29 is 33.1 Å². The number of hydrogen-bond donors (Lipinski definition) is 1. The number of benzene rings is 2. The zero-order valence-corrected chi connectivity index (χ0v) is 20.2. The molecule has 184 valence electrons. The monoisotopic (exact) mass is 529 g/mol. The van der Waals surface area contributed by atoms with E-state index in [1.807, 2.05) is 0 Å². The molecular formula is C23H16ClN3O8S. The van der Waals surface area contributed by atoms with E-state index in [1.165, 1.54) is 50.6 Å². The van der Waals surface area contributed by atoms with Crippen LogP contribution in [0, 0.1) is 10.1 Å². The van der Waals surface area contributed by atoms with Crippen LogP contribution >= 0.6 is 23.4 Å². The van der Waals surface area contributed by atoms with Crippen LogP contribution in [-0.2, 0) is 4.79 Å². The first kappa shape index (κ1) is 24.8. The van der Waals surface area contributed by atoms with Crippen LogP contribution in [0.4, 0.5) is 5.69 Å². The van der Waals surface area contributed by atoms with Gasteiger partial charge < -0.3 is 23.4 Å². The van der Waals surface area contributed by atoms with Crippen LogP contribution < -0.4 is 9.47 Å². The molecule has 0 aliphatic carbocycles. The van der Waals surface area contributed by atoms with E-state index in [1.54, 1.807) is 18.2 Å². The number of rotatable bonds is 9. The molecule has 0 bridgehead atoms. The Morgan fingerprint density at radius 3 is 2.44 bits per heavy atom. The van der Waals surface area contributed by atoms with Crippen molar-refractivity contribution in [2.24, 2.45) is 0 Å². The molecule has 0 spiro atoms. The van der Waals surface area contributed by atoms with E-state index >= 15 is 0 Å².